The normalized spacial score (nSPS) is 15.6. The van der Waals surface area contributed by atoms with Gasteiger partial charge < -0.3 is 10.2 Å². The molecule has 0 aromatic carbocycles. The molecule has 1 N–H and O–H groups in total. The molecule has 1 aromatic rings. The van der Waals surface area contributed by atoms with Crippen molar-refractivity contribution in [1.82, 2.24) is 10.2 Å². The summed E-state index contributed by atoms with van der Waals surface area (Å²) in [6.07, 6.45) is 5.39. The predicted octanol–water partition coefficient (Wildman–Crippen LogP) is 3.51. The second-order valence-electron chi connectivity index (χ2n) is 5.56. The zero-order valence-electron chi connectivity index (χ0n) is 13.3. The van der Waals surface area contributed by atoms with Crippen LogP contribution in [0.5, 0.6) is 0 Å². The van der Waals surface area contributed by atoms with Gasteiger partial charge in [-0.3, -0.25) is 4.79 Å². The van der Waals surface area contributed by atoms with Crippen molar-refractivity contribution in [2.75, 3.05) is 20.1 Å². The van der Waals surface area contributed by atoms with E-state index in [0.717, 1.165) is 50.1 Å². The van der Waals surface area contributed by atoms with Gasteiger partial charge in [0.15, 0.2) is 0 Å². The molecule has 3 nitrogen and oxygen atoms in total. The van der Waals surface area contributed by atoms with Crippen LogP contribution in [0.3, 0.4) is 0 Å². The molecule has 1 saturated heterocycles. The van der Waals surface area contributed by atoms with Crippen molar-refractivity contribution < 1.29 is 4.79 Å². The van der Waals surface area contributed by atoms with E-state index in [1.165, 1.54) is 10.4 Å². The smallest absolute Gasteiger partial charge is 0.263 e. The summed E-state index contributed by atoms with van der Waals surface area (Å²) in [7, 11) is 1.96. The van der Waals surface area contributed by atoms with Crippen molar-refractivity contribution in [3.8, 4) is 0 Å². The molecule has 120 valence electrons. The molecule has 0 bridgehead atoms. The molecule has 2 heterocycles. The first-order valence-corrected chi connectivity index (χ1v) is 8.58. The fourth-order valence-corrected chi connectivity index (χ4v) is 4.18. The Kier molecular flexibility index (Phi) is 7.71. The van der Waals surface area contributed by atoms with Gasteiger partial charge in [-0.05, 0) is 50.4 Å². The van der Waals surface area contributed by atoms with Crippen molar-refractivity contribution in [2.45, 2.75) is 52.0 Å². The first-order chi connectivity index (χ1) is 9.67. The Morgan fingerprint density at radius 3 is 2.62 bits per heavy atom. The van der Waals surface area contributed by atoms with E-state index in [2.05, 4.69) is 25.2 Å². The number of amides is 1. The lowest BCUT2D eigenvalue weighted by molar-refractivity contribution is 0.0708. The van der Waals surface area contributed by atoms with Gasteiger partial charge in [0.05, 0.1) is 4.88 Å². The summed E-state index contributed by atoms with van der Waals surface area (Å²) in [5, 5.41) is 3.35. The van der Waals surface area contributed by atoms with E-state index >= 15 is 0 Å². The van der Waals surface area contributed by atoms with E-state index in [-0.39, 0.29) is 18.3 Å². The van der Waals surface area contributed by atoms with Crippen LogP contribution >= 0.6 is 23.7 Å². The first-order valence-electron chi connectivity index (χ1n) is 7.76. The number of carbonyl (C=O) groups excluding carboxylic acids is 1. The van der Waals surface area contributed by atoms with Crippen molar-refractivity contribution in [3.63, 3.8) is 0 Å². The summed E-state index contributed by atoms with van der Waals surface area (Å²) in [5.41, 5.74) is 1.36. The molecule has 0 saturated carbocycles. The molecular weight excluding hydrogens is 304 g/mol. The standard InChI is InChI=1S/C16H26N2OS.ClH/c1-4-6-14-12(5-2)11-15(20-14)16(19)18(3)13-7-9-17-10-8-13;/h11,13,17H,4-10H2,1-3H3;1H. The molecule has 1 fully saturated rings. The van der Waals surface area contributed by atoms with Crippen molar-refractivity contribution in [1.29, 1.82) is 0 Å². The van der Waals surface area contributed by atoms with Crippen LogP contribution in [-0.2, 0) is 12.8 Å². The molecule has 21 heavy (non-hydrogen) atoms. The molecule has 0 spiro atoms. The highest BCUT2D eigenvalue weighted by Gasteiger charge is 2.24. The van der Waals surface area contributed by atoms with Gasteiger partial charge in [-0.2, -0.15) is 0 Å². The Morgan fingerprint density at radius 2 is 2.05 bits per heavy atom. The number of hydrogen-bond donors (Lipinski definition) is 1. The molecule has 1 amide bonds. The summed E-state index contributed by atoms with van der Waals surface area (Å²) in [6.45, 7) is 6.41. The lowest BCUT2D eigenvalue weighted by Gasteiger charge is -2.31. The summed E-state index contributed by atoms with van der Waals surface area (Å²) in [6, 6.07) is 2.51. The van der Waals surface area contributed by atoms with Gasteiger partial charge in [0.2, 0.25) is 0 Å². The number of piperidine rings is 1. The SMILES string of the molecule is CCCc1sc(C(=O)N(C)C2CCNCC2)cc1CC.Cl. The highest BCUT2D eigenvalue weighted by Crippen LogP contribution is 2.26. The van der Waals surface area contributed by atoms with Gasteiger partial charge in [-0.15, -0.1) is 23.7 Å². The zero-order valence-corrected chi connectivity index (χ0v) is 14.9. The van der Waals surface area contributed by atoms with Gasteiger partial charge >= 0.3 is 0 Å². The predicted molar refractivity (Wildman–Crippen MR) is 92.9 cm³/mol. The third kappa shape index (κ3) is 4.44. The van der Waals surface area contributed by atoms with Crippen molar-refractivity contribution in [2.24, 2.45) is 0 Å². The lowest BCUT2D eigenvalue weighted by atomic mass is 10.1. The maximum absolute atomic E-state index is 12.6. The van der Waals surface area contributed by atoms with E-state index in [0.29, 0.717) is 6.04 Å². The number of nitrogens with zero attached hydrogens (tertiary/aromatic N) is 1. The third-order valence-electron chi connectivity index (χ3n) is 4.14. The fourth-order valence-electron chi connectivity index (χ4n) is 2.84. The molecule has 1 aromatic heterocycles. The number of carbonyl (C=O) groups is 1. The van der Waals surface area contributed by atoms with E-state index < -0.39 is 0 Å². The maximum Gasteiger partial charge on any atom is 0.263 e. The number of halogens is 1. The van der Waals surface area contributed by atoms with Gasteiger partial charge in [0.25, 0.3) is 5.91 Å². The van der Waals surface area contributed by atoms with Crippen LogP contribution in [-0.4, -0.2) is 37.0 Å². The van der Waals surface area contributed by atoms with Crippen molar-refractivity contribution in [3.05, 3.63) is 21.4 Å². The number of hydrogen-bond acceptors (Lipinski definition) is 3. The topological polar surface area (TPSA) is 32.3 Å². The minimum atomic E-state index is 0. The minimum Gasteiger partial charge on any atom is -0.338 e. The van der Waals surface area contributed by atoms with E-state index in [4.69, 9.17) is 0 Å². The molecule has 5 heteroatoms. The largest absolute Gasteiger partial charge is 0.338 e. The summed E-state index contributed by atoms with van der Waals surface area (Å²) in [5.74, 6) is 0.207. The second-order valence-corrected chi connectivity index (χ2v) is 6.70. The van der Waals surface area contributed by atoms with Gasteiger partial charge in [-0.1, -0.05) is 20.3 Å². The number of nitrogens with one attached hydrogen (secondary N) is 1. The molecule has 0 atom stereocenters. The summed E-state index contributed by atoms with van der Waals surface area (Å²) < 4.78 is 0. The Bertz CT molecular complexity index is 455. The van der Waals surface area contributed by atoms with Crippen molar-refractivity contribution >= 4 is 29.7 Å². The minimum absolute atomic E-state index is 0. The summed E-state index contributed by atoms with van der Waals surface area (Å²) in [4.78, 5) is 16.9. The monoisotopic (exact) mass is 330 g/mol. The third-order valence-corrected chi connectivity index (χ3v) is 5.37. The molecule has 1 aliphatic heterocycles. The van der Waals surface area contributed by atoms with Crippen LogP contribution < -0.4 is 5.32 Å². The highest BCUT2D eigenvalue weighted by molar-refractivity contribution is 7.14. The molecule has 0 unspecified atom stereocenters. The quantitative estimate of drug-likeness (QED) is 0.896. The van der Waals surface area contributed by atoms with Crippen LogP contribution in [0, 0.1) is 0 Å². The molecule has 1 aliphatic rings. The molecular formula is C16H27ClN2OS. The number of aryl methyl sites for hydroxylation is 2. The second kappa shape index (κ2) is 8.76. The first kappa shape index (κ1) is 18.5. The Hall–Kier alpha value is -0.580. The number of thiophene rings is 1. The fraction of sp³-hybridized carbons (Fsp3) is 0.688. The van der Waals surface area contributed by atoms with Gasteiger partial charge in [0.1, 0.15) is 0 Å². The molecule has 0 aliphatic carbocycles. The average molecular weight is 331 g/mol. The average Bonchev–Trinajstić information content (AvgIpc) is 2.90. The Labute approximate surface area is 138 Å². The Morgan fingerprint density at radius 1 is 1.38 bits per heavy atom. The molecule has 0 radical (unpaired) electrons. The van der Waals surface area contributed by atoms with E-state index in [9.17, 15) is 4.79 Å². The van der Waals surface area contributed by atoms with Crippen LogP contribution in [0.1, 0.15) is 53.2 Å². The van der Waals surface area contributed by atoms with Crippen LogP contribution in [0.2, 0.25) is 0 Å². The van der Waals surface area contributed by atoms with Crippen LogP contribution in [0.25, 0.3) is 0 Å². The number of rotatable bonds is 5. The highest BCUT2D eigenvalue weighted by atomic mass is 35.5. The maximum atomic E-state index is 12.6. The zero-order chi connectivity index (χ0) is 14.5. The Balaban J connectivity index is 0.00000220. The van der Waals surface area contributed by atoms with Gasteiger partial charge in [-0.25, -0.2) is 0 Å². The van der Waals surface area contributed by atoms with Crippen LogP contribution in [0.4, 0.5) is 0 Å². The molecule has 2 rings (SSSR count). The summed E-state index contributed by atoms with van der Waals surface area (Å²) >= 11 is 1.70. The van der Waals surface area contributed by atoms with Gasteiger partial charge in [0, 0.05) is 18.0 Å². The van der Waals surface area contributed by atoms with Crippen LogP contribution in [0.15, 0.2) is 6.07 Å². The lowest BCUT2D eigenvalue weighted by Crippen LogP contribution is -2.43. The van der Waals surface area contributed by atoms with E-state index in [1.54, 1.807) is 11.3 Å². The van der Waals surface area contributed by atoms with E-state index in [1.807, 2.05) is 11.9 Å².